The van der Waals surface area contributed by atoms with Crippen molar-refractivity contribution in [1.82, 2.24) is 24.9 Å². The second-order valence-electron chi connectivity index (χ2n) is 8.79. The molecule has 3 heterocycles. The van der Waals surface area contributed by atoms with Gasteiger partial charge < -0.3 is 20.1 Å². The number of pyridine rings is 1. The van der Waals surface area contributed by atoms with Gasteiger partial charge in [-0.25, -0.2) is 14.5 Å². The lowest BCUT2D eigenvalue weighted by atomic mass is 10.0. The Hall–Kier alpha value is -2.39. The number of ether oxygens (including phenoxy) is 1. The third kappa shape index (κ3) is 5.40. The number of amides is 1. The fourth-order valence-electron chi connectivity index (χ4n) is 3.35. The van der Waals surface area contributed by atoms with Gasteiger partial charge in [0.05, 0.1) is 24.9 Å². The molecule has 0 unspecified atom stereocenters. The number of anilines is 1. The molecule has 2 aromatic heterocycles. The lowest BCUT2D eigenvalue weighted by Gasteiger charge is -2.36. The van der Waals surface area contributed by atoms with E-state index in [-0.39, 0.29) is 18.6 Å². The lowest BCUT2D eigenvalue weighted by Crippen LogP contribution is -2.48. The van der Waals surface area contributed by atoms with Crippen molar-refractivity contribution < 1.29 is 14.6 Å². The Labute approximate surface area is 181 Å². The molecule has 1 fully saturated rings. The Morgan fingerprint density at radius 1 is 1.40 bits per heavy atom. The molecule has 0 saturated carbocycles. The normalized spacial score (nSPS) is 19.8. The van der Waals surface area contributed by atoms with Crippen molar-refractivity contribution in [2.75, 3.05) is 18.4 Å². The Balaban J connectivity index is 1.74. The van der Waals surface area contributed by atoms with Gasteiger partial charge in [0, 0.05) is 30.0 Å². The third-order valence-corrected chi connectivity index (χ3v) is 4.85. The third-order valence-electron chi connectivity index (χ3n) is 4.64. The first kappa shape index (κ1) is 22.3. The SMILES string of the molecule is CC(C)Nc1cc(Cl)ncc1-c1cn([C@@H]2CCN(C(=O)OC(C)(C)C)C[C@H]2O)nn1. The number of piperidine rings is 1. The van der Waals surface area contributed by atoms with E-state index >= 15 is 0 Å². The number of carbonyl (C=O) groups excluding carboxylic acids is 1. The molecule has 1 saturated heterocycles. The Morgan fingerprint density at radius 3 is 2.77 bits per heavy atom. The van der Waals surface area contributed by atoms with Gasteiger partial charge >= 0.3 is 6.09 Å². The molecule has 0 spiro atoms. The molecule has 0 aromatic carbocycles. The van der Waals surface area contributed by atoms with Crippen molar-refractivity contribution >= 4 is 23.4 Å². The fraction of sp³-hybridized carbons (Fsp3) is 0.600. The minimum atomic E-state index is -0.780. The van der Waals surface area contributed by atoms with Crippen LogP contribution in [0.3, 0.4) is 0 Å². The number of rotatable bonds is 4. The van der Waals surface area contributed by atoms with Crippen LogP contribution in [0.1, 0.15) is 47.1 Å². The molecule has 1 amide bonds. The predicted molar refractivity (Wildman–Crippen MR) is 114 cm³/mol. The minimum Gasteiger partial charge on any atom is -0.444 e. The lowest BCUT2D eigenvalue weighted by molar-refractivity contribution is -0.0120. The number of carbonyl (C=O) groups is 1. The van der Waals surface area contributed by atoms with Gasteiger partial charge in [-0.1, -0.05) is 16.8 Å². The summed E-state index contributed by atoms with van der Waals surface area (Å²) in [6, 6.07) is 1.67. The molecule has 30 heavy (non-hydrogen) atoms. The molecule has 164 valence electrons. The van der Waals surface area contributed by atoms with Crippen LogP contribution in [0.5, 0.6) is 0 Å². The van der Waals surface area contributed by atoms with Crippen molar-refractivity contribution in [3.8, 4) is 11.3 Å². The van der Waals surface area contributed by atoms with E-state index in [1.54, 1.807) is 23.1 Å². The Bertz CT molecular complexity index is 895. The molecule has 0 aliphatic carbocycles. The molecule has 10 heteroatoms. The highest BCUT2D eigenvalue weighted by Gasteiger charge is 2.34. The topological polar surface area (TPSA) is 105 Å². The zero-order chi connectivity index (χ0) is 22.1. The average molecular weight is 437 g/mol. The molecular weight excluding hydrogens is 408 g/mol. The molecule has 1 aliphatic heterocycles. The molecule has 9 nitrogen and oxygen atoms in total. The number of halogens is 1. The quantitative estimate of drug-likeness (QED) is 0.708. The minimum absolute atomic E-state index is 0.178. The summed E-state index contributed by atoms with van der Waals surface area (Å²) in [6.07, 6.45) is 2.78. The number of likely N-dealkylation sites (tertiary alicyclic amines) is 1. The smallest absolute Gasteiger partial charge is 0.410 e. The first-order chi connectivity index (χ1) is 14.0. The van der Waals surface area contributed by atoms with Crippen LogP contribution in [0.15, 0.2) is 18.5 Å². The van der Waals surface area contributed by atoms with E-state index in [1.165, 1.54) is 4.90 Å². The number of nitrogens with zero attached hydrogens (tertiary/aromatic N) is 5. The van der Waals surface area contributed by atoms with Crippen molar-refractivity contribution in [3.63, 3.8) is 0 Å². The van der Waals surface area contributed by atoms with E-state index in [1.807, 2.05) is 34.6 Å². The highest BCUT2D eigenvalue weighted by atomic mass is 35.5. The van der Waals surface area contributed by atoms with Crippen molar-refractivity contribution in [2.24, 2.45) is 0 Å². The standard InChI is InChI=1S/C20H29ClN6O3/c1-12(2)23-14-8-18(21)22-9-13(14)15-10-27(25-24-15)16-6-7-26(11-17(16)28)19(29)30-20(3,4)5/h8-10,12,16-17,28H,6-7,11H2,1-5H3,(H,22,23)/t16-,17-/m1/s1. The van der Waals surface area contributed by atoms with E-state index in [9.17, 15) is 9.90 Å². The largest absolute Gasteiger partial charge is 0.444 e. The number of aromatic nitrogens is 4. The first-order valence-corrected chi connectivity index (χ1v) is 10.4. The summed E-state index contributed by atoms with van der Waals surface area (Å²) in [4.78, 5) is 18.0. The van der Waals surface area contributed by atoms with Gasteiger partial charge in [-0.15, -0.1) is 5.10 Å². The van der Waals surface area contributed by atoms with Crippen molar-refractivity contribution in [1.29, 1.82) is 0 Å². The molecule has 0 radical (unpaired) electrons. The van der Waals surface area contributed by atoms with Gasteiger partial charge in [0.2, 0.25) is 0 Å². The molecular formula is C20H29ClN6O3. The molecule has 2 atom stereocenters. The van der Waals surface area contributed by atoms with Gasteiger partial charge in [0.15, 0.2) is 0 Å². The van der Waals surface area contributed by atoms with Crippen molar-refractivity contribution in [3.05, 3.63) is 23.6 Å². The van der Waals surface area contributed by atoms with E-state index in [2.05, 4.69) is 20.6 Å². The van der Waals surface area contributed by atoms with Crippen LogP contribution in [0, 0.1) is 0 Å². The van der Waals surface area contributed by atoms with E-state index in [0.29, 0.717) is 23.8 Å². The number of nitrogens with one attached hydrogen (secondary N) is 1. The van der Waals surface area contributed by atoms with Crippen molar-refractivity contribution in [2.45, 2.75) is 64.8 Å². The summed E-state index contributed by atoms with van der Waals surface area (Å²) in [5.74, 6) is 0. The van der Waals surface area contributed by atoms with E-state index in [4.69, 9.17) is 16.3 Å². The van der Waals surface area contributed by atoms with Crippen LogP contribution in [-0.4, -0.2) is 66.9 Å². The summed E-state index contributed by atoms with van der Waals surface area (Å²) in [5, 5.41) is 22.9. The maximum absolute atomic E-state index is 12.3. The number of aliphatic hydroxyl groups is 1. The molecule has 2 N–H and O–H groups in total. The summed E-state index contributed by atoms with van der Waals surface area (Å²) < 4.78 is 7.05. The van der Waals surface area contributed by atoms with Crippen LogP contribution < -0.4 is 5.32 Å². The summed E-state index contributed by atoms with van der Waals surface area (Å²) >= 11 is 6.05. The molecule has 0 bridgehead atoms. The van der Waals surface area contributed by atoms with Crippen LogP contribution >= 0.6 is 11.6 Å². The fourth-order valence-corrected chi connectivity index (χ4v) is 3.50. The van der Waals surface area contributed by atoms with Crippen LogP contribution in [0.2, 0.25) is 5.15 Å². The van der Waals surface area contributed by atoms with Gasteiger partial charge in [0.25, 0.3) is 0 Å². The van der Waals surface area contributed by atoms with Crippen LogP contribution in [-0.2, 0) is 4.74 Å². The van der Waals surface area contributed by atoms with Crippen LogP contribution in [0.4, 0.5) is 10.5 Å². The Kier molecular flexibility index (Phi) is 6.52. The second kappa shape index (κ2) is 8.77. The highest BCUT2D eigenvalue weighted by molar-refractivity contribution is 6.29. The van der Waals surface area contributed by atoms with Crippen LogP contribution in [0.25, 0.3) is 11.3 Å². The second-order valence-corrected chi connectivity index (χ2v) is 9.17. The first-order valence-electron chi connectivity index (χ1n) is 10.0. The molecule has 2 aromatic rings. The maximum Gasteiger partial charge on any atom is 0.410 e. The average Bonchev–Trinajstić information content (AvgIpc) is 3.09. The zero-order valence-electron chi connectivity index (χ0n) is 18.0. The number of aliphatic hydroxyl groups excluding tert-OH is 1. The monoisotopic (exact) mass is 436 g/mol. The summed E-state index contributed by atoms with van der Waals surface area (Å²) in [6.45, 7) is 10.2. The maximum atomic E-state index is 12.3. The Morgan fingerprint density at radius 2 is 2.13 bits per heavy atom. The molecule has 3 rings (SSSR count). The van der Waals surface area contributed by atoms with E-state index in [0.717, 1.165) is 11.3 Å². The number of hydrogen-bond donors (Lipinski definition) is 2. The summed E-state index contributed by atoms with van der Waals surface area (Å²) in [7, 11) is 0. The van der Waals surface area contributed by atoms with Gasteiger partial charge in [-0.3, -0.25) is 0 Å². The number of hydrogen-bond acceptors (Lipinski definition) is 7. The van der Waals surface area contributed by atoms with E-state index < -0.39 is 17.8 Å². The highest BCUT2D eigenvalue weighted by Crippen LogP contribution is 2.30. The van der Waals surface area contributed by atoms with Gasteiger partial charge in [-0.05, 0) is 47.1 Å². The van der Waals surface area contributed by atoms with Gasteiger partial charge in [-0.2, -0.15) is 0 Å². The number of β-amino-alcohol motifs (C(OH)–C–C–N with tert-alkyl or cyclic N) is 1. The van der Waals surface area contributed by atoms with Gasteiger partial charge in [0.1, 0.15) is 16.4 Å². The molecule has 1 aliphatic rings. The zero-order valence-corrected chi connectivity index (χ0v) is 18.7. The predicted octanol–water partition coefficient (Wildman–Crippen LogP) is 3.36. The summed E-state index contributed by atoms with van der Waals surface area (Å²) in [5.41, 5.74) is 1.65.